The summed E-state index contributed by atoms with van der Waals surface area (Å²) in [6.07, 6.45) is 3.23. The quantitative estimate of drug-likeness (QED) is 0.740. The highest BCUT2D eigenvalue weighted by atomic mass is 32.1. The molecule has 0 aliphatic carbocycles. The molecule has 0 saturated carbocycles. The van der Waals surface area contributed by atoms with Gasteiger partial charge in [-0.1, -0.05) is 0 Å². The summed E-state index contributed by atoms with van der Waals surface area (Å²) in [4.78, 5) is 12.3. The minimum absolute atomic E-state index is 0.323. The molecule has 3 aromatic rings. The van der Waals surface area contributed by atoms with Crippen LogP contribution in [0.25, 0.3) is 5.95 Å². The van der Waals surface area contributed by atoms with Crippen molar-refractivity contribution in [3.63, 3.8) is 0 Å². The van der Waals surface area contributed by atoms with E-state index in [0.29, 0.717) is 34.1 Å². The van der Waals surface area contributed by atoms with Gasteiger partial charge in [-0.15, -0.1) is 10.2 Å². The van der Waals surface area contributed by atoms with Gasteiger partial charge >= 0.3 is 0 Å². The van der Waals surface area contributed by atoms with E-state index in [2.05, 4.69) is 34.7 Å². The van der Waals surface area contributed by atoms with Gasteiger partial charge in [0.05, 0.1) is 5.69 Å². The molecule has 0 amide bonds. The molecule has 0 radical (unpaired) electrons. The first-order valence-corrected chi connectivity index (χ1v) is 6.77. The fourth-order valence-electron chi connectivity index (χ4n) is 1.63. The zero-order valence-corrected chi connectivity index (χ0v) is 12.1. The Hall–Kier alpha value is -2.75. The predicted octanol–water partition coefficient (Wildman–Crippen LogP) is 2.13. The Morgan fingerprint density at radius 3 is 2.62 bits per heavy atom. The van der Waals surface area contributed by atoms with E-state index >= 15 is 0 Å². The van der Waals surface area contributed by atoms with E-state index in [4.69, 9.17) is 5.73 Å². The van der Waals surface area contributed by atoms with Gasteiger partial charge in [0.15, 0.2) is 11.5 Å². The monoisotopic (exact) mass is 301 g/mol. The first-order chi connectivity index (χ1) is 10.1. The van der Waals surface area contributed by atoms with Crippen LogP contribution in [0.4, 0.5) is 16.6 Å². The Kier molecular flexibility index (Phi) is 3.36. The van der Waals surface area contributed by atoms with E-state index < -0.39 is 0 Å². The maximum absolute atomic E-state index is 6.04. The summed E-state index contributed by atoms with van der Waals surface area (Å²) in [6, 6.07) is 1.72. The molecular weight excluding hydrogens is 290 g/mol. The van der Waals surface area contributed by atoms with Crippen LogP contribution < -0.4 is 5.73 Å². The SMILES string of the molecule is Cc1nsc(N=Nc2c(C)nn(-c3ncccn3)c2N)n1. The lowest BCUT2D eigenvalue weighted by Gasteiger charge is -1.99. The van der Waals surface area contributed by atoms with Gasteiger partial charge in [0.25, 0.3) is 5.95 Å². The number of nitrogens with zero attached hydrogens (tertiary/aromatic N) is 8. The van der Waals surface area contributed by atoms with Crippen LogP contribution in [0.3, 0.4) is 0 Å². The molecule has 106 valence electrons. The van der Waals surface area contributed by atoms with Crippen molar-refractivity contribution in [1.29, 1.82) is 0 Å². The topological polar surface area (TPSA) is 120 Å². The normalized spacial score (nSPS) is 11.3. The fraction of sp³-hybridized carbons (Fsp3) is 0.182. The lowest BCUT2D eigenvalue weighted by Crippen LogP contribution is -2.05. The molecule has 0 saturated heterocycles. The highest BCUT2D eigenvalue weighted by molar-refractivity contribution is 7.09. The number of nitrogen functional groups attached to an aromatic ring is 1. The predicted molar refractivity (Wildman–Crippen MR) is 77.1 cm³/mol. The van der Waals surface area contributed by atoms with E-state index in [1.165, 1.54) is 16.2 Å². The van der Waals surface area contributed by atoms with Crippen LogP contribution >= 0.6 is 11.5 Å². The number of anilines is 1. The first-order valence-electron chi connectivity index (χ1n) is 5.99. The third-order valence-electron chi connectivity index (χ3n) is 2.56. The highest BCUT2D eigenvalue weighted by Gasteiger charge is 2.15. The van der Waals surface area contributed by atoms with Crippen LogP contribution in [-0.4, -0.2) is 29.1 Å². The minimum Gasteiger partial charge on any atom is -0.382 e. The largest absolute Gasteiger partial charge is 0.382 e. The average molecular weight is 301 g/mol. The third kappa shape index (κ3) is 2.60. The van der Waals surface area contributed by atoms with Gasteiger partial charge in [-0.05, 0) is 19.9 Å². The second kappa shape index (κ2) is 5.32. The molecule has 21 heavy (non-hydrogen) atoms. The number of hydrogen-bond acceptors (Lipinski definition) is 9. The summed E-state index contributed by atoms with van der Waals surface area (Å²) in [7, 11) is 0. The van der Waals surface area contributed by atoms with Gasteiger partial charge in [-0.25, -0.2) is 15.0 Å². The number of aryl methyl sites for hydroxylation is 2. The number of aromatic nitrogens is 6. The van der Waals surface area contributed by atoms with Crippen molar-refractivity contribution in [3.05, 3.63) is 30.0 Å². The van der Waals surface area contributed by atoms with E-state index in [1.54, 1.807) is 32.3 Å². The molecule has 9 nitrogen and oxygen atoms in total. The van der Waals surface area contributed by atoms with Gasteiger partial charge in [0, 0.05) is 23.9 Å². The summed E-state index contributed by atoms with van der Waals surface area (Å²) in [5.74, 6) is 1.36. The molecule has 0 atom stereocenters. The first kappa shape index (κ1) is 13.2. The van der Waals surface area contributed by atoms with E-state index in [-0.39, 0.29) is 0 Å². The summed E-state index contributed by atoms with van der Waals surface area (Å²) in [5, 5.41) is 12.9. The zero-order chi connectivity index (χ0) is 14.8. The molecule has 0 spiro atoms. The van der Waals surface area contributed by atoms with Crippen LogP contribution in [0, 0.1) is 13.8 Å². The van der Waals surface area contributed by atoms with Crippen molar-refractivity contribution in [3.8, 4) is 5.95 Å². The summed E-state index contributed by atoms with van der Waals surface area (Å²) < 4.78 is 5.46. The molecule has 0 bridgehead atoms. The van der Waals surface area contributed by atoms with Crippen LogP contribution in [0.1, 0.15) is 11.5 Å². The molecule has 10 heteroatoms. The van der Waals surface area contributed by atoms with E-state index in [1.807, 2.05) is 0 Å². The lowest BCUT2D eigenvalue weighted by molar-refractivity contribution is 0.805. The zero-order valence-electron chi connectivity index (χ0n) is 11.3. The molecular formula is C11H11N9S. The number of rotatable bonds is 3. The van der Waals surface area contributed by atoms with Gasteiger partial charge < -0.3 is 5.73 Å². The van der Waals surface area contributed by atoms with Crippen molar-refractivity contribution in [1.82, 2.24) is 29.1 Å². The van der Waals surface area contributed by atoms with Crippen molar-refractivity contribution >= 4 is 28.2 Å². The highest BCUT2D eigenvalue weighted by Crippen LogP contribution is 2.29. The molecule has 0 aliphatic heterocycles. The summed E-state index contributed by atoms with van der Waals surface area (Å²) in [6.45, 7) is 3.58. The molecule has 0 fully saturated rings. The van der Waals surface area contributed by atoms with Crippen molar-refractivity contribution in [2.24, 2.45) is 10.2 Å². The summed E-state index contributed by atoms with van der Waals surface area (Å²) in [5.41, 5.74) is 7.14. The molecule has 2 N–H and O–H groups in total. The van der Waals surface area contributed by atoms with E-state index in [0.717, 1.165) is 0 Å². The Morgan fingerprint density at radius 2 is 1.95 bits per heavy atom. The Morgan fingerprint density at radius 1 is 1.19 bits per heavy atom. The fourth-order valence-corrected chi connectivity index (χ4v) is 2.14. The van der Waals surface area contributed by atoms with Crippen molar-refractivity contribution in [2.45, 2.75) is 13.8 Å². The maximum Gasteiger partial charge on any atom is 0.252 e. The number of hydrogen-bond donors (Lipinski definition) is 1. The van der Waals surface area contributed by atoms with Crippen molar-refractivity contribution < 1.29 is 0 Å². The Balaban J connectivity index is 1.97. The van der Waals surface area contributed by atoms with Gasteiger partial charge in [-0.3, -0.25) is 0 Å². The van der Waals surface area contributed by atoms with Crippen LogP contribution in [0.5, 0.6) is 0 Å². The second-order valence-electron chi connectivity index (χ2n) is 4.10. The van der Waals surface area contributed by atoms with Crippen molar-refractivity contribution in [2.75, 3.05) is 5.73 Å². The third-order valence-corrected chi connectivity index (χ3v) is 3.25. The molecule has 0 unspecified atom stereocenters. The Bertz CT molecular complexity index is 789. The van der Waals surface area contributed by atoms with Crippen LogP contribution in [0.2, 0.25) is 0 Å². The van der Waals surface area contributed by atoms with Crippen LogP contribution in [0.15, 0.2) is 28.7 Å². The van der Waals surface area contributed by atoms with Gasteiger partial charge in [0.2, 0.25) is 5.13 Å². The molecule has 3 heterocycles. The lowest BCUT2D eigenvalue weighted by atomic mass is 10.4. The van der Waals surface area contributed by atoms with Crippen LogP contribution in [-0.2, 0) is 0 Å². The standard InChI is InChI=1S/C11H11N9S/c1-6-8(16-17-11-15-7(2)19-21-11)9(12)20(18-6)10-13-4-3-5-14-10/h3-5H,12H2,1-2H3. The number of azo groups is 1. The number of nitrogens with two attached hydrogens (primary N) is 1. The molecule has 3 aromatic heterocycles. The molecule has 3 rings (SSSR count). The molecule has 0 aromatic carbocycles. The smallest absolute Gasteiger partial charge is 0.252 e. The van der Waals surface area contributed by atoms with E-state index in [9.17, 15) is 0 Å². The average Bonchev–Trinajstić information content (AvgIpc) is 3.02. The maximum atomic E-state index is 6.04. The van der Waals surface area contributed by atoms with Gasteiger partial charge in [-0.2, -0.15) is 14.2 Å². The second-order valence-corrected chi connectivity index (χ2v) is 4.83. The summed E-state index contributed by atoms with van der Waals surface area (Å²) >= 11 is 1.17. The molecule has 0 aliphatic rings. The van der Waals surface area contributed by atoms with Gasteiger partial charge in [0.1, 0.15) is 5.82 Å². The Labute approximate surface area is 123 Å². The minimum atomic E-state index is 0.323.